The first-order valence-corrected chi connectivity index (χ1v) is 8.32. The van der Waals surface area contributed by atoms with Gasteiger partial charge in [-0.1, -0.05) is 49.8 Å². The van der Waals surface area contributed by atoms with Crippen molar-refractivity contribution in [1.29, 1.82) is 0 Å². The van der Waals surface area contributed by atoms with Gasteiger partial charge in [-0.05, 0) is 23.5 Å². The van der Waals surface area contributed by atoms with Crippen LogP contribution >= 0.6 is 0 Å². The maximum Gasteiger partial charge on any atom is 0.306 e. The molecule has 0 saturated carbocycles. The summed E-state index contributed by atoms with van der Waals surface area (Å²) in [6.07, 6.45) is 8.10. The standard InChI is InChI=1S/C19H24O3/c1-2-14(13-19(20)22-12-10-16-9-11-21-16)18-8-7-15-5-3-4-6-17(15)18/h3-8,14,16,18H,2,9-13H2,1H3. The minimum absolute atomic E-state index is 0.0797. The lowest BCUT2D eigenvalue weighted by molar-refractivity contribution is -0.147. The molecule has 3 nitrogen and oxygen atoms in total. The predicted molar refractivity (Wildman–Crippen MR) is 86.5 cm³/mol. The lowest BCUT2D eigenvalue weighted by Gasteiger charge is -2.26. The van der Waals surface area contributed by atoms with E-state index in [9.17, 15) is 4.79 Å². The molecule has 0 bridgehead atoms. The number of hydrogen-bond donors (Lipinski definition) is 0. The van der Waals surface area contributed by atoms with Crippen molar-refractivity contribution in [2.75, 3.05) is 13.2 Å². The van der Waals surface area contributed by atoms with E-state index in [1.54, 1.807) is 0 Å². The topological polar surface area (TPSA) is 35.5 Å². The molecule has 118 valence electrons. The van der Waals surface area contributed by atoms with Crippen LogP contribution in [0.5, 0.6) is 0 Å². The second-order valence-corrected chi connectivity index (χ2v) is 6.18. The normalized spacial score (nSPS) is 23.7. The molecule has 3 atom stereocenters. The van der Waals surface area contributed by atoms with Crippen LogP contribution in [0.3, 0.4) is 0 Å². The van der Waals surface area contributed by atoms with Crippen LogP contribution in [0.25, 0.3) is 6.08 Å². The highest BCUT2D eigenvalue weighted by molar-refractivity contribution is 5.70. The fraction of sp³-hybridized carbons (Fsp3) is 0.526. The average Bonchev–Trinajstić information content (AvgIpc) is 2.91. The molecule has 0 radical (unpaired) electrons. The van der Waals surface area contributed by atoms with Crippen LogP contribution in [-0.4, -0.2) is 25.3 Å². The molecule has 1 heterocycles. The fourth-order valence-corrected chi connectivity index (χ4v) is 3.30. The van der Waals surface area contributed by atoms with Crippen molar-refractivity contribution in [2.45, 2.75) is 44.6 Å². The van der Waals surface area contributed by atoms with Crippen molar-refractivity contribution < 1.29 is 14.3 Å². The van der Waals surface area contributed by atoms with E-state index >= 15 is 0 Å². The molecule has 3 unspecified atom stereocenters. The average molecular weight is 300 g/mol. The van der Waals surface area contributed by atoms with Gasteiger partial charge in [0.05, 0.1) is 12.7 Å². The van der Waals surface area contributed by atoms with Gasteiger partial charge in [-0.15, -0.1) is 0 Å². The third kappa shape index (κ3) is 3.41. The third-order valence-electron chi connectivity index (χ3n) is 4.80. The minimum atomic E-state index is -0.0797. The summed E-state index contributed by atoms with van der Waals surface area (Å²) in [5.74, 6) is 0.569. The molecule has 0 amide bonds. The number of rotatable bonds is 7. The van der Waals surface area contributed by atoms with Gasteiger partial charge >= 0.3 is 5.97 Å². The van der Waals surface area contributed by atoms with Crippen LogP contribution in [0.2, 0.25) is 0 Å². The molecule has 3 rings (SSSR count). The maximum atomic E-state index is 12.1. The fourth-order valence-electron chi connectivity index (χ4n) is 3.30. The van der Waals surface area contributed by atoms with Gasteiger partial charge in [0.25, 0.3) is 0 Å². The largest absolute Gasteiger partial charge is 0.466 e. The second kappa shape index (κ2) is 7.10. The van der Waals surface area contributed by atoms with E-state index in [2.05, 4.69) is 43.3 Å². The number of allylic oxidation sites excluding steroid dienone is 1. The van der Waals surface area contributed by atoms with Gasteiger partial charge < -0.3 is 9.47 Å². The zero-order valence-electron chi connectivity index (χ0n) is 13.2. The Balaban J connectivity index is 1.51. The van der Waals surface area contributed by atoms with E-state index in [1.807, 2.05) is 0 Å². The summed E-state index contributed by atoms with van der Waals surface area (Å²) in [5, 5.41) is 0. The Morgan fingerprint density at radius 2 is 2.23 bits per heavy atom. The quantitative estimate of drug-likeness (QED) is 0.716. The van der Waals surface area contributed by atoms with Gasteiger partial charge in [0, 0.05) is 25.4 Å². The molecule has 1 aliphatic heterocycles. The third-order valence-corrected chi connectivity index (χ3v) is 4.80. The number of fused-ring (bicyclic) bond motifs is 1. The maximum absolute atomic E-state index is 12.1. The van der Waals surface area contributed by atoms with E-state index in [4.69, 9.17) is 9.47 Å². The minimum Gasteiger partial charge on any atom is -0.466 e. The number of carbonyl (C=O) groups is 1. The molecule has 0 N–H and O–H groups in total. The van der Waals surface area contributed by atoms with Crippen molar-refractivity contribution in [3.63, 3.8) is 0 Å². The zero-order valence-corrected chi connectivity index (χ0v) is 13.2. The SMILES string of the molecule is CCC(CC(=O)OCCC1CCO1)C1C=Cc2ccccc21. The predicted octanol–water partition coefficient (Wildman–Crippen LogP) is 3.94. The first-order chi connectivity index (χ1) is 10.8. The number of benzene rings is 1. The van der Waals surface area contributed by atoms with Gasteiger partial charge in [0.15, 0.2) is 0 Å². The molecule has 0 spiro atoms. The van der Waals surface area contributed by atoms with Crippen molar-refractivity contribution in [1.82, 2.24) is 0 Å². The Labute approximate surface area is 132 Å². The molecular weight excluding hydrogens is 276 g/mol. The van der Waals surface area contributed by atoms with Gasteiger partial charge in [-0.25, -0.2) is 0 Å². The highest BCUT2D eigenvalue weighted by atomic mass is 16.5. The van der Waals surface area contributed by atoms with Crippen LogP contribution in [-0.2, 0) is 14.3 Å². The van der Waals surface area contributed by atoms with Crippen LogP contribution in [0.4, 0.5) is 0 Å². The smallest absolute Gasteiger partial charge is 0.306 e. The Morgan fingerprint density at radius 1 is 1.41 bits per heavy atom. The summed E-state index contributed by atoms with van der Waals surface area (Å²) in [6, 6.07) is 8.43. The summed E-state index contributed by atoms with van der Waals surface area (Å²) in [4.78, 5) is 12.1. The van der Waals surface area contributed by atoms with E-state index in [1.165, 1.54) is 11.1 Å². The molecule has 1 saturated heterocycles. The van der Waals surface area contributed by atoms with E-state index in [0.717, 1.165) is 25.9 Å². The Hall–Kier alpha value is -1.61. The zero-order chi connectivity index (χ0) is 15.4. The van der Waals surface area contributed by atoms with Gasteiger partial charge in [-0.2, -0.15) is 0 Å². The number of esters is 1. The molecule has 22 heavy (non-hydrogen) atoms. The Kier molecular flexibility index (Phi) is 4.94. The van der Waals surface area contributed by atoms with E-state index < -0.39 is 0 Å². The van der Waals surface area contributed by atoms with Gasteiger partial charge in [-0.3, -0.25) is 4.79 Å². The molecular formula is C19H24O3. The second-order valence-electron chi connectivity index (χ2n) is 6.18. The highest BCUT2D eigenvalue weighted by Crippen LogP contribution is 2.38. The summed E-state index contributed by atoms with van der Waals surface area (Å²) < 4.78 is 10.7. The van der Waals surface area contributed by atoms with Crippen LogP contribution in [0.1, 0.15) is 49.7 Å². The van der Waals surface area contributed by atoms with Crippen molar-refractivity contribution in [2.24, 2.45) is 5.92 Å². The Morgan fingerprint density at radius 3 is 2.95 bits per heavy atom. The molecule has 1 aliphatic carbocycles. The lowest BCUT2D eigenvalue weighted by Crippen LogP contribution is -2.28. The van der Waals surface area contributed by atoms with Crippen LogP contribution in [0, 0.1) is 5.92 Å². The lowest BCUT2D eigenvalue weighted by atomic mass is 9.84. The first-order valence-electron chi connectivity index (χ1n) is 8.32. The van der Waals surface area contributed by atoms with Gasteiger partial charge in [0.2, 0.25) is 0 Å². The summed E-state index contributed by atoms with van der Waals surface area (Å²) >= 11 is 0. The monoisotopic (exact) mass is 300 g/mol. The summed E-state index contributed by atoms with van der Waals surface area (Å²) in [5.41, 5.74) is 2.62. The van der Waals surface area contributed by atoms with Crippen molar-refractivity contribution in [3.8, 4) is 0 Å². The molecule has 2 aliphatic rings. The molecule has 1 aromatic rings. The summed E-state index contributed by atoms with van der Waals surface area (Å²) in [6.45, 7) is 3.48. The molecule has 0 aromatic heterocycles. The molecule has 1 aromatic carbocycles. The number of hydrogen-bond acceptors (Lipinski definition) is 3. The highest BCUT2D eigenvalue weighted by Gasteiger charge is 2.27. The van der Waals surface area contributed by atoms with Gasteiger partial charge in [0.1, 0.15) is 0 Å². The van der Waals surface area contributed by atoms with E-state index in [-0.39, 0.29) is 5.97 Å². The molecule has 3 heteroatoms. The van der Waals surface area contributed by atoms with E-state index in [0.29, 0.717) is 31.0 Å². The van der Waals surface area contributed by atoms with Crippen LogP contribution in [0.15, 0.2) is 30.3 Å². The molecule has 1 fully saturated rings. The van der Waals surface area contributed by atoms with Crippen LogP contribution < -0.4 is 0 Å². The first kappa shape index (κ1) is 15.3. The van der Waals surface area contributed by atoms with Crippen molar-refractivity contribution >= 4 is 12.0 Å². The number of carbonyl (C=O) groups excluding carboxylic acids is 1. The van der Waals surface area contributed by atoms with Crippen molar-refractivity contribution in [3.05, 3.63) is 41.5 Å². The Bertz CT molecular complexity index is 545. The summed E-state index contributed by atoms with van der Waals surface area (Å²) in [7, 11) is 0. The number of ether oxygens (including phenoxy) is 2.